The van der Waals surface area contributed by atoms with Gasteiger partial charge in [-0.05, 0) is 109 Å². The number of aliphatic imine (C=N–C) groups is 1. The fraction of sp³-hybridized carbons (Fsp3) is 0.196. The number of quaternary nitrogens is 1. The van der Waals surface area contributed by atoms with E-state index in [1.54, 1.807) is 0 Å². The molecule has 0 radical (unpaired) electrons. The van der Waals surface area contributed by atoms with Gasteiger partial charge in [-0.25, -0.2) is 4.79 Å². The van der Waals surface area contributed by atoms with Crippen molar-refractivity contribution in [2.45, 2.75) is 53.4 Å². The number of nitriles is 1. The van der Waals surface area contributed by atoms with Gasteiger partial charge in [0.1, 0.15) is 5.69 Å². The molecular formula is C46H39N4O+. The van der Waals surface area contributed by atoms with Gasteiger partial charge in [-0.3, -0.25) is 0 Å². The van der Waals surface area contributed by atoms with Gasteiger partial charge < -0.3 is 5.32 Å². The number of unbranched alkanes of at least 4 members (excludes halogenated alkanes) is 3. The summed E-state index contributed by atoms with van der Waals surface area (Å²) in [6, 6.07) is 36.0. The maximum atomic E-state index is 15.4. The van der Waals surface area contributed by atoms with E-state index in [0.29, 0.717) is 17.0 Å². The van der Waals surface area contributed by atoms with Gasteiger partial charge in [-0.15, -0.1) is 4.48 Å². The normalized spacial score (nSPS) is 16.1. The first kappa shape index (κ1) is 31.2. The maximum Gasteiger partial charge on any atom is 0.363 e. The number of fused-ring (bicyclic) bond motifs is 3. The van der Waals surface area contributed by atoms with Gasteiger partial charge in [0.15, 0.2) is 11.4 Å². The molecule has 9 rings (SSSR count). The Morgan fingerprint density at radius 2 is 1.41 bits per heavy atom. The molecule has 1 N–H and O–H groups in total. The van der Waals surface area contributed by atoms with Gasteiger partial charge in [0, 0.05) is 29.1 Å². The van der Waals surface area contributed by atoms with Gasteiger partial charge >= 0.3 is 5.91 Å². The Labute approximate surface area is 299 Å². The lowest BCUT2D eigenvalue weighted by atomic mass is 9.85. The molecule has 1 unspecified atom stereocenters. The number of hydrogen-bond donors (Lipinski definition) is 1. The van der Waals surface area contributed by atoms with E-state index in [-0.39, 0.29) is 10.4 Å². The molecular weight excluding hydrogens is 625 g/mol. The van der Waals surface area contributed by atoms with Crippen LogP contribution >= 0.6 is 0 Å². The summed E-state index contributed by atoms with van der Waals surface area (Å²) in [4.78, 5) is 20.8. The fourth-order valence-corrected chi connectivity index (χ4v) is 8.95. The summed E-state index contributed by atoms with van der Waals surface area (Å²) in [5.74, 6) is 0.681. The smallest absolute Gasteiger partial charge is 0.363 e. The first-order chi connectivity index (χ1) is 24.9. The van der Waals surface area contributed by atoms with E-state index >= 15 is 4.79 Å². The standard InChI is InChI=1S/C46H38N4O/c1-5-6-7-8-23-48-33-18-15-30(16-19-33)34-21-22-35-43-36(20-17-31(26-47)42(34)43)46(51)50-39-14-10-13-29(4)41(39)37-24-32(25-38(44(37)50)49-45(35)50)40-27(2)11-9-12-28(40)3/h9-22,24-25H,5-8,23H2,1-4H3/p+1. The molecule has 248 valence electrons. The van der Waals surface area contributed by atoms with Gasteiger partial charge in [0.2, 0.25) is 0 Å². The molecule has 1 amide bonds. The van der Waals surface area contributed by atoms with Crippen LogP contribution in [0.2, 0.25) is 0 Å². The molecule has 0 aromatic heterocycles. The zero-order valence-electron chi connectivity index (χ0n) is 29.5. The van der Waals surface area contributed by atoms with Crippen LogP contribution in [-0.4, -0.2) is 18.3 Å². The van der Waals surface area contributed by atoms with Crippen LogP contribution in [-0.2, 0) is 0 Å². The van der Waals surface area contributed by atoms with Crippen molar-refractivity contribution in [1.82, 2.24) is 4.48 Å². The Morgan fingerprint density at radius 3 is 2.16 bits per heavy atom. The second-order valence-electron chi connectivity index (χ2n) is 14.3. The largest absolute Gasteiger partial charge is 0.385 e. The summed E-state index contributed by atoms with van der Waals surface area (Å²) in [5, 5.41) is 15.6. The Morgan fingerprint density at radius 1 is 0.706 bits per heavy atom. The lowest BCUT2D eigenvalue weighted by Crippen LogP contribution is -2.54. The molecule has 6 aromatic carbocycles. The fourth-order valence-electron chi connectivity index (χ4n) is 8.95. The Kier molecular flexibility index (Phi) is 7.10. The van der Waals surface area contributed by atoms with Crippen LogP contribution in [0.3, 0.4) is 0 Å². The predicted molar refractivity (Wildman–Crippen MR) is 210 cm³/mol. The number of anilines is 1. The molecule has 0 saturated heterocycles. The summed E-state index contributed by atoms with van der Waals surface area (Å²) < 4.78 is -0.0549. The number of carbonyl (C=O) groups is 1. The highest BCUT2D eigenvalue weighted by Crippen LogP contribution is 2.65. The number of rotatable bonds is 8. The molecule has 51 heavy (non-hydrogen) atoms. The highest BCUT2D eigenvalue weighted by atomic mass is 16.2. The lowest BCUT2D eigenvalue weighted by Gasteiger charge is -2.34. The highest BCUT2D eigenvalue weighted by Gasteiger charge is 2.62. The number of hydrogen-bond acceptors (Lipinski definition) is 4. The van der Waals surface area contributed by atoms with Crippen LogP contribution in [0, 0.1) is 32.1 Å². The SMILES string of the molecule is CCCCCCNc1ccc(-c2ccc3c4c(ccc(C#N)c24)C(=O)[N+]24C3=Nc3cc(-c5c(C)cccc5C)cc(c32)-c2c(C)cccc24)cc1. The zero-order valence-corrected chi connectivity index (χ0v) is 29.5. The van der Waals surface area contributed by atoms with E-state index in [9.17, 15) is 5.26 Å². The highest BCUT2D eigenvalue weighted by molar-refractivity contribution is 6.42. The number of aryl methyl sites for hydroxylation is 3. The lowest BCUT2D eigenvalue weighted by molar-refractivity contribution is 0.0900. The minimum absolute atomic E-state index is 0.0281. The van der Waals surface area contributed by atoms with Crippen LogP contribution in [0.25, 0.3) is 44.2 Å². The van der Waals surface area contributed by atoms with E-state index in [1.807, 2.05) is 12.1 Å². The Hall–Kier alpha value is -5.83. The van der Waals surface area contributed by atoms with Crippen LogP contribution in [0.5, 0.6) is 0 Å². The van der Waals surface area contributed by atoms with Crippen LogP contribution in [0.15, 0.2) is 102 Å². The van der Waals surface area contributed by atoms with E-state index < -0.39 is 0 Å². The third-order valence-corrected chi connectivity index (χ3v) is 11.2. The second kappa shape index (κ2) is 11.6. The van der Waals surface area contributed by atoms with Gasteiger partial charge in [-0.2, -0.15) is 10.3 Å². The summed E-state index contributed by atoms with van der Waals surface area (Å²) in [6.07, 6.45) is 4.86. The monoisotopic (exact) mass is 663 g/mol. The van der Waals surface area contributed by atoms with Crippen molar-refractivity contribution < 1.29 is 4.79 Å². The summed E-state index contributed by atoms with van der Waals surface area (Å²) in [5.41, 5.74) is 15.8. The molecule has 5 nitrogen and oxygen atoms in total. The number of carbonyl (C=O) groups excluding carboxylic acids is 1. The maximum absolute atomic E-state index is 15.4. The zero-order chi connectivity index (χ0) is 35.0. The second-order valence-corrected chi connectivity index (χ2v) is 14.3. The number of amides is 1. The van der Waals surface area contributed by atoms with Crippen molar-refractivity contribution in [3.05, 3.63) is 130 Å². The summed E-state index contributed by atoms with van der Waals surface area (Å²) >= 11 is 0. The van der Waals surface area contributed by atoms with Crippen LogP contribution < -0.4 is 9.80 Å². The minimum atomic E-state index is -0.0549. The van der Waals surface area contributed by atoms with Crippen molar-refractivity contribution in [2.75, 3.05) is 11.9 Å². The third kappa shape index (κ3) is 4.30. The first-order valence-corrected chi connectivity index (χ1v) is 18.1. The molecule has 0 aliphatic carbocycles. The molecule has 1 spiro atoms. The number of amidine groups is 1. The van der Waals surface area contributed by atoms with Crippen molar-refractivity contribution in [1.29, 1.82) is 5.26 Å². The third-order valence-electron chi connectivity index (χ3n) is 11.2. The van der Waals surface area contributed by atoms with E-state index in [4.69, 9.17) is 4.99 Å². The minimum Gasteiger partial charge on any atom is -0.385 e. The number of nitrogens with zero attached hydrogens (tertiary/aromatic N) is 3. The molecule has 5 heteroatoms. The van der Waals surface area contributed by atoms with Crippen molar-refractivity contribution in [3.8, 4) is 39.4 Å². The van der Waals surface area contributed by atoms with E-state index in [0.717, 1.165) is 85.4 Å². The van der Waals surface area contributed by atoms with E-state index in [2.05, 4.69) is 124 Å². The van der Waals surface area contributed by atoms with Crippen molar-refractivity contribution >= 4 is 45.3 Å². The van der Waals surface area contributed by atoms with Gasteiger partial charge in [0.25, 0.3) is 5.84 Å². The summed E-state index contributed by atoms with van der Waals surface area (Å²) in [7, 11) is 0. The van der Waals surface area contributed by atoms with Crippen molar-refractivity contribution in [2.24, 2.45) is 4.99 Å². The molecule has 3 aliphatic heterocycles. The summed E-state index contributed by atoms with van der Waals surface area (Å²) in [6.45, 7) is 9.62. The van der Waals surface area contributed by atoms with Crippen molar-refractivity contribution in [3.63, 3.8) is 0 Å². The molecule has 3 aliphatic rings. The Bertz CT molecular complexity index is 2530. The van der Waals surface area contributed by atoms with Crippen LogP contribution in [0.4, 0.5) is 22.7 Å². The average molecular weight is 664 g/mol. The van der Waals surface area contributed by atoms with E-state index in [1.165, 1.54) is 36.0 Å². The predicted octanol–water partition coefficient (Wildman–Crippen LogP) is 11.8. The average Bonchev–Trinajstić information content (AvgIpc) is 3.65. The first-order valence-electron chi connectivity index (χ1n) is 18.1. The molecule has 0 saturated carbocycles. The number of benzene rings is 6. The molecule has 3 heterocycles. The van der Waals surface area contributed by atoms with Gasteiger partial charge in [-0.1, -0.05) is 74.7 Å². The van der Waals surface area contributed by atoms with Gasteiger partial charge in [0.05, 0.1) is 33.9 Å². The molecule has 0 bridgehead atoms. The topological polar surface area (TPSA) is 65.2 Å². The molecule has 1 atom stereocenters. The Balaban J connectivity index is 1.25. The molecule has 6 aromatic rings. The quantitative estimate of drug-likeness (QED) is 0.130. The van der Waals surface area contributed by atoms with Crippen LogP contribution in [0.1, 0.15) is 70.8 Å². The number of nitrogens with one attached hydrogen (secondary N) is 1. The molecule has 0 fully saturated rings.